The summed E-state index contributed by atoms with van der Waals surface area (Å²) in [7, 11) is 0. The van der Waals surface area contributed by atoms with Gasteiger partial charge in [-0.15, -0.1) is 0 Å². The minimum atomic E-state index is 0.192. The van der Waals surface area contributed by atoms with Crippen LogP contribution in [0.15, 0.2) is 24.3 Å². The fraction of sp³-hybridized carbons (Fsp3) is 0.533. The molecule has 1 atom stereocenters. The van der Waals surface area contributed by atoms with Crippen molar-refractivity contribution in [3.05, 3.63) is 35.4 Å². The first-order valence-electron chi connectivity index (χ1n) is 6.69. The van der Waals surface area contributed by atoms with Crippen LogP contribution in [-0.4, -0.2) is 36.5 Å². The van der Waals surface area contributed by atoms with Crippen molar-refractivity contribution in [2.24, 2.45) is 0 Å². The number of nitrogens with zero attached hydrogens (tertiary/aromatic N) is 1. The van der Waals surface area contributed by atoms with Crippen molar-refractivity contribution in [1.29, 1.82) is 0 Å². The van der Waals surface area contributed by atoms with Gasteiger partial charge in [0, 0.05) is 32.6 Å². The molecule has 1 saturated heterocycles. The first-order chi connectivity index (χ1) is 8.65. The second-order valence-corrected chi connectivity index (χ2v) is 5.14. The Hall–Kier alpha value is -1.35. The zero-order valence-electron chi connectivity index (χ0n) is 11.3. The average Bonchev–Trinajstić information content (AvgIpc) is 2.37. The third-order valence-corrected chi connectivity index (χ3v) is 3.56. The molecule has 1 fully saturated rings. The van der Waals surface area contributed by atoms with Crippen molar-refractivity contribution >= 4 is 5.91 Å². The Morgan fingerprint density at radius 1 is 1.50 bits per heavy atom. The van der Waals surface area contributed by atoms with Gasteiger partial charge in [-0.2, -0.15) is 0 Å². The summed E-state index contributed by atoms with van der Waals surface area (Å²) in [6, 6.07) is 9.09. The number of benzene rings is 1. The van der Waals surface area contributed by atoms with Gasteiger partial charge in [0.1, 0.15) is 0 Å². The third kappa shape index (κ3) is 3.57. The quantitative estimate of drug-likeness (QED) is 0.881. The van der Waals surface area contributed by atoms with Crippen LogP contribution in [0.3, 0.4) is 0 Å². The summed E-state index contributed by atoms with van der Waals surface area (Å²) in [6.07, 6.45) is 2.17. The van der Waals surface area contributed by atoms with Crippen molar-refractivity contribution in [3.8, 4) is 0 Å². The zero-order valence-corrected chi connectivity index (χ0v) is 11.3. The molecule has 1 heterocycles. The van der Waals surface area contributed by atoms with Gasteiger partial charge in [0.15, 0.2) is 0 Å². The van der Waals surface area contributed by atoms with E-state index in [1.807, 2.05) is 4.90 Å². The maximum atomic E-state index is 11.4. The molecule has 3 nitrogen and oxygen atoms in total. The van der Waals surface area contributed by atoms with Gasteiger partial charge in [0.25, 0.3) is 0 Å². The minimum Gasteiger partial charge on any atom is -0.340 e. The van der Waals surface area contributed by atoms with E-state index in [1.54, 1.807) is 6.92 Å². The summed E-state index contributed by atoms with van der Waals surface area (Å²) in [5, 5.41) is 3.49. The molecule has 18 heavy (non-hydrogen) atoms. The number of rotatable bonds is 3. The number of piperazine rings is 1. The molecule has 98 valence electrons. The van der Waals surface area contributed by atoms with E-state index >= 15 is 0 Å². The van der Waals surface area contributed by atoms with Gasteiger partial charge in [-0.1, -0.05) is 29.8 Å². The molecule has 0 spiro atoms. The predicted octanol–water partition coefficient (Wildman–Crippen LogP) is 1.75. The molecule has 0 aliphatic carbocycles. The van der Waals surface area contributed by atoms with Crippen molar-refractivity contribution in [3.63, 3.8) is 0 Å². The molecule has 0 radical (unpaired) electrons. The molecular weight excluding hydrogens is 224 g/mol. The van der Waals surface area contributed by atoms with Crippen LogP contribution in [0.1, 0.15) is 24.5 Å². The Bertz CT molecular complexity index is 417. The molecule has 1 aromatic carbocycles. The molecule has 3 heteroatoms. The van der Waals surface area contributed by atoms with Gasteiger partial charge in [-0.05, 0) is 25.3 Å². The van der Waals surface area contributed by atoms with Crippen molar-refractivity contribution < 1.29 is 4.79 Å². The normalized spacial score (nSPS) is 19.9. The Kier molecular flexibility index (Phi) is 4.37. The van der Waals surface area contributed by atoms with E-state index in [1.165, 1.54) is 11.1 Å². The van der Waals surface area contributed by atoms with E-state index in [4.69, 9.17) is 0 Å². The Labute approximate surface area is 109 Å². The van der Waals surface area contributed by atoms with E-state index in [2.05, 4.69) is 36.5 Å². The second kappa shape index (κ2) is 6.01. The number of amides is 1. The highest BCUT2D eigenvalue weighted by Crippen LogP contribution is 2.10. The first kappa shape index (κ1) is 13.1. The van der Waals surface area contributed by atoms with Gasteiger partial charge in [-0.3, -0.25) is 4.79 Å². The van der Waals surface area contributed by atoms with Gasteiger partial charge < -0.3 is 10.2 Å². The van der Waals surface area contributed by atoms with Crippen molar-refractivity contribution in [2.75, 3.05) is 19.6 Å². The fourth-order valence-electron chi connectivity index (χ4n) is 2.51. The minimum absolute atomic E-state index is 0.192. The lowest BCUT2D eigenvalue weighted by Gasteiger charge is -2.33. The van der Waals surface area contributed by atoms with E-state index < -0.39 is 0 Å². The number of carbonyl (C=O) groups excluding carboxylic acids is 1. The van der Waals surface area contributed by atoms with Crippen LogP contribution in [-0.2, 0) is 11.2 Å². The van der Waals surface area contributed by atoms with Gasteiger partial charge in [0.05, 0.1) is 0 Å². The van der Waals surface area contributed by atoms with E-state index in [9.17, 15) is 4.79 Å². The Morgan fingerprint density at radius 3 is 3.06 bits per heavy atom. The maximum absolute atomic E-state index is 11.4. The fourth-order valence-corrected chi connectivity index (χ4v) is 2.51. The molecule has 0 saturated carbocycles. The molecule has 1 aliphatic rings. The largest absolute Gasteiger partial charge is 0.340 e. The zero-order chi connectivity index (χ0) is 13.0. The van der Waals surface area contributed by atoms with E-state index in [0.29, 0.717) is 6.04 Å². The number of carbonyl (C=O) groups is 1. The maximum Gasteiger partial charge on any atom is 0.219 e. The van der Waals surface area contributed by atoms with Gasteiger partial charge >= 0.3 is 0 Å². The summed E-state index contributed by atoms with van der Waals surface area (Å²) >= 11 is 0. The molecule has 1 aromatic rings. The number of hydrogen-bond acceptors (Lipinski definition) is 2. The van der Waals surface area contributed by atoms with E-state index in [0.717, 1.165) is 32.5 Å². The van der Waals surface area contributed by atoms with Gasteiger partial charge in [0.2, 0.25) is 5.91 Å². The monoisotopic (exact) mass is 246 g/mol. The summed E-state index contributed by atoms with van der Waals surface area (Å²) in [6.45, 7) is 6.39. The molecule has 1 N–H and O–H groups in total. The molecule has 0 bridgehead atoms. The average molecular weight is 246 g/mol. The second-order valence-electron chi connectivity index (χ2n) is 5.14. The molecule has 1 unspecified atom stereocenters. The van der Waals surface area contributed by atoms with Crippen LogP contribution in [0.4, 0.5) is 0 Å². The molecular formula is C15H22N2O. The topological polar surface area (TPSA) is 32.3 Å². The van der Waals surface area contributed by atoms with Crippen LogP contribution in [0, 0.1) is 6.92 Å². The third-order valence-electron chi connectivity index (χ3n) is 3.56. The highest BCUT2D eigenvalue weighted by molar-refractivity contribution is 5.73. The highest BCUT2D eigenvalue weighted by Gasteiger charge is 2.20. The summed E-state index contributed by atoms with van der Waals surface area (Å²) in [5.74, 6) is 0.192. The molecule has 1 amide bonds. The lowest BCUT2D eigenvalue weighted by Crippen LogP contribution is -2.52. The smallest absolute Gasteiger partial charge is 0.219 e. The lowest BCUT2D eigenvalue weighted by molar-refractivity contribution is -0.130. The summed E-state index contributed by atoms with van der Waals surface area (Å²) < 4.78 is 0. The standard InChI is InChI=1S/C15H22N2O/c1-12-4-3-5-14(10-12)6-7-15-11-17(13(2)18)9-8-16-15/h3-5,10,15-16H,6-9,11H2,1-2H3. The number of aryl methyl sites for hydroxylation is 2. The van der Waals surface area contributed by atoms with Crippen LogP contribution < -0.4 is 5.32 Å². The highest BCUT2D eigenvalue weighted by atomic mass is 16.2. The lowest BCUT2D eigenvalue weighted by atomic mass is 10.0. The predicted molar refractivity (Wildman–Crippen MR) is 73.5 cm³/mol. The van der Waals surface area contributed by atoms with Crippen molar-refractivity contribution in [1.82, 2.24) is 10.2 Å². The Morgan fingerprint density at radius 2 is 2.33 bits per heavy atom. The number of nitrogens with one attached hydrogen (secondary N) is 1. The first-order valence-corrected chi connectivity index (χ1v) is 6.69. The molecule has 0 aromatic heterocycles. The van der Waals surface area contributed by atoms with Gasteiger partial charge in [-0.25, -0.2) is 0 Å². The van der Waals surface area contributed by atoms with Crippen LogP contribution in [0.5, 0.6) is 0 Å². The summed E-state index contributed by atoms with van der Waals surface area (Å²) in [5.41, 5.74) is 2.70. The Balaban J connectivity index is 1.84. The summed E-state index contributed by atoms with van der Waals surface area (Å²) in [4.78, 5) is 13.3. The van der Waals surface area contributed by atoms with Crippen molar-refractivity contribution in [2.45, 2.75) is 32.7 Å². The van der Waals surface area contributed by atoms with Crippen LogP contribution in [0.2, 0.25) is 0 Å². The molecule has 1 aliphatic heterocycles. The van der Waals surface area contributed by atoms with Crippen LogP contribution >= 0.6 is 0 Å². The molecule has 2 rings (SSSR count). The van der Waals surface area contributed by atoms with Crippen LogP contribution in [0.25, 0.3) is 0 Å². The SMILES string of the molecule is CC(=O)N1CCNC(CCc2cccc(C)c2)C1. The van der Waals surface area contributed by atoms with E-state index in [-0.39, 0.29) is 5.91 Å². The number of hydrogen-bond donors (Lipinski definition) is 1.